The highest BCUT2D eigenvalue weighted by Gasteiger charge is 2.30. The number of nitro groups is 1. The van der Waals surface area contributed by atoms with Crippen molar-refractivity contribution in [3.8, 4) is 6.07 Å². The molecule has 0 radical (unpaired) electrons. The quantitative estimate of drug-likeness (QED) is 0.577. The molecule has 0 amide bonds. The predicted octanol–water partition coefficient (Wildman–Crippen LogP) is 3.39. The Morgan fingerprint density at radius 2 is 2.00 bits per heavy atom. The molecule has 1 aliphatic rings. The van der Waals surface area contributed by atoms with Crippen molar-refractivity contribution < 1.29 is 4.92 Å². The van der Waals surface area contributed by atoms with E-state index in [4.69, 9.17) is 5.26 Å². The fourth-order valence-corrected chi connectivity index (χ4v) is 2.62. The summed E-state index contributed by atoms with van der Waals surface area (Å²) in [6, 6.07) is 9.10. The van der Waals surface area contributed by atoms with Crippen LogP contribution in [-0.4, -0.2) is 4.92 Å². The van der Waals surface area contributed by atoms with E-state index in [-0.39, 0.29) is 22.4 Å². The molecule has 1 aromatic carbocycles. The molecular formula is C13H14N2O2. The first-order valence-electron chi connectivity index (χ1n) is 5.87. The molecule has 1 aromatic rings. The van der Waals surface area contributed by atoms with E-state index in [0.717, 1.165) is 31.2 Å². The number of hydrogen-bond donors (Lipinski definition) is 0. The third-order valence-corrected chi connectivity index (χ3v) is 3.46. The maximum atomic E-state index is 11.0. The summed E-state index contributed by atoms with van der Waals surface area (Å²) in [5, 5.41) is 20.1. The summed E-state index contributed by atoms with van der Waals surface area (Å²) in [6.45, 7) is 0. The molecule has 0 N–H and O–H groups in total. The summed E-state index contributed by atoms with van der Waals surface area (Å²) >= 11 is 0. The SMILES string of the molecule is N#CC1CCCCC1c1ccccc1[N+](=O)[O-]. The van der Waals surface area contributed by atoms with E-state index < -0.39 is 0 Å². The van der Waals surface area contributed by atoms with Crippen LogP contribution in [0.4, 0.5) is 5.69 Å². The summed E-state index contributed by atoms with van der Waals surface area (Å²) in [4.78, 5) is 10.6. The van der Waals surface area contributed by atoms with Crippen molar-refractivity contribution in [2.24, 2.45) is 5.92 Å². The zero-order valence-corrected chi connectivity index (χ0v) is 9.50. The molecular weight excluding hydrogens is 216 g/mol. The molecule has 4 nitrogen and oxygen atoms in total. The normalized spacial score (nSPS) is 23.9. The van der Waals surface area contributed by atoms with E-state index in [1.807, 2.05) is 6.07 Å². The van der Waals surface area contributed by atoms with Gasteiger partial charge in [-0.1, -0.05) is 31.0 Å². The fourth-order valence-electron chi connectivity index (χ4n) is 2.62. The molecule has 1 saturated carbocycles. The Labute approximate surface area is 100 Å². The van der Waals surface area contributed by atoms with Crippen LogP contribution in [0.15, 0.2) is 24.3 Å². The van der Waals surface area contributed by atoms with Crippen molar-refractivity contribution in [3.05, 3.63) is 39.9 Å². The second-order valence-electron chi connectivity index (χ2n) is 4.44. The lowest BCUT2D eigenvalue weighted by molar-refractivity contribution is -0.385. The highest BCUT2D eigenvalue weighted by Crippen LogP contribution is 2.40. The Kier molecular flexibility index (Phi) is 3.38. The Bertz CT molecular complexity index is 465. The van der Waals surface area contributed by atoms with Gasteiger partial charge in [0.2, 0.25) is 0 Å². The van der Waals surface area contributed by atoms with Crippen molar-refractivity contribution in [3.63, 3.8) is 0 Å². The van der Waals surface area contributed by atoms with Crippen LogP contribution in [0.1, 0.15) is 37.2 Å². The average molecular weight is 230 g/mol. The number of nitrogens with zero attached hydrogens (tertiary/aromatic N) is 2. The van der Waals surface area contributed by atoms with Crippen molar-refractivity contribution in [2.45, 2.75) is 31.6 Å². The largest absolute Gasteiger partial charge is 0.272 e. The summed E-state index contributed by atoms with van der Waals surface area (Å²) in [5.74, 6) is -0.0554. The Balaban J connectivity index is 2.38. The first kappa shape index (κ1) is 11.6. The van der Waals surface area contributed by atoms with Gasteiger partial charge in [0.15, 0.2) is 0 Å². The number of hydrogen-bond acceptors (Lipinski definition) is 3. The van der Waals surface area contributed by atoms with E-state index >= 15 is 0 Å². The summed E-state index contributed by atoms with van der Waals surface area (Å²) in [6.07, 6.45) is 3.83. The van der Waals surface area contributed by atoms with Crippen molar-refractivity contribution in [1.82, 2.24) is 0 Å². The van der Waals surface area contributed by atoms with Crippen molar-refractivity contribution in [2.75, 3.05) is 0 Å². The second-order valence-corrected chi connectivity index (χ2v) is 4.44. The Morgan fingerprint density at radius 1 is 1.29 bits per heavy atom. The molecule has 2 unspecified atom stereocenters. The topological polar surface area (TPSA) is 66.9 Å². The third-order valence-electron chi connectivity index (χ3n) is 3.46. The van der Waals surface area contributed by atoms with E-state index in [2.05, 4.69) is 6.07 Å². The molecule has 17 heavy (non-hydrogen) atoms. The smallest absolute Gasteiger partial charge is 0.258 e. The van der Waals surface area contributed by atoms with Crippen molar-refractivity contribution >= 4 is 5.69 Å². The zero-order chi connectivity index (χ0) is 12.3. The molecule has 1 fully saturated rings. The number of rotatable bonds is 2. The van der Waals surface area contributed by atoms with E-state index in [1.54, 1.807) is 12.1 Å². The standard InChI is InChI=1S/C13H14N2O2/c14-9-10-5-1-2-6-11(10)12-7-3-4-8-13(12)15(16)17/h3-4,7-8,10-11H,1-2,5-6H2. The monoisotopic (exact) mass is 230 g/mol. The Morgan fingerprint density at radius 3 is 2.71 bits per heavy atom. The maximum Gasteiger partial charge on any atom is 0.272 e. The van der Waals surface area contributed by atoms with Crippen LogP contribution in [0.3, 0.4) is 0 Å². The van der Waals surface area contributed by atoms with Crippen LogP contribution in [0.25, 0.3) is 0 Å². The summed E-state index contributed by atoms with van der Waals surface area (Å²) < 4.78 is 0. The highest BCUT2D eigenvalue weighted by atomic mass is 16.6. The molecule has 2 rings (SSSR count). The summed E-state index contributed by atoms with van der Waals surface area (Å²) in [7, 11) is 0. The molecule has 2 atom stereocenters. The van der Waals surface area contributed by atoms with E-state index in [9.17, 15) is 10.1 Å². The van der Waals surface area contributed by atoms with Crippen molar-refractivity contribution in [1.29, 1.82) is 5.26 Å². The van der Waals surface area contributed by atoms with Crippen LogP contribution in [0.5, 0.6) is 0 Å². The van der Waals surface area contributed by atoms with Gasteiger partial charge < -0.3 is 0 Å². The molecule has 0 spiro atoms. The van der Waals surface area contributed by atoms with Crippen LogP contribution in [-0.2, 0) is 0 Å². The molecule has 0 heterocycles. The molecule has 0 saturated heterocycles. The number of benzene rings is 1. The van der Waals surface area contributed by atoms with Crippen LogP contribution in [0.2, 0.25) is 0 Å². The van der Waals surface area contributed by atoms with E-state index in [1.165, 1.54) is 6.07 Å². The van der Waals surface area contributed by atoms with Gasteiger partial charge in [-0.25, -0.2) is 0 Å². The molecule has 1 aliphatic carbocycles. The minimum Gasteiger partial charge on any atom is -0.258 e. The van der Waals surface area contributed by atoms with Crippen LogP contribution >= 0.6 is 0 Å². The fraction of sp³-hybridized carbons (Fsp3) is 0.462. The van der Waals surface area contributed by atoms with Gasteiger partial charge >= 0.3 is 0 Å². The molecule has 0 aliphatic heterocycles. The van der Waals surface area contributed by atoms with Gasteiger partial charge in [0.25, 0.3) is 5.69 Å². The van der Waals surface area contributed by atoms with Gasteiger partial charge in [0, 0.05) is 17.5 Å². The van der Waals surface area contributed by atoms with Crippen LogP contribution < -0.4 is 0 Å². The predicted molar refractivity (Wildman–Crippen MR) is 63.4 cm³/mol. The van der Waals surface area contributed by atoms with Gasteiger partial charge in [-0.15, -0.1) is 0 Å². The molecule has 0 bridgehead atoms. The van der Waals surface area contributed by atoms with Gasteiger partial charge in [-0.2, -0.15) is 5.26 Å². The third kappa shape index (κ3) is 2.28. The Hall–Kier alpha value is -1.89. The van der Waals surface area contributed by atoms with E-state index in [0.29, 0.717) is 0 Å². The van der Waals surface area contributed by atoms with Gasteiger partial charge in [-0.3, -0.25) is 10.1 Å². The lowest BCUT2D eigenvalue weighted by Crippen LogP contribution is -2.17. The second kappa shape index (κ2) is 4.96. The molecule has 0 aromatic heterocycles. The lowest BCUT2D eigenvalue weighted by atomic mass is 9.76. The number of nitriles is 1. The lowest BCUT2D eigenvalue weighted by Gasteiger charge is -2.26. The highest BCUT2D eigenvalue weighted by molar-refractivity contribution is 5.43. The zero-order valence-electron chi connectivity index (χ0n) is 9.50. The average Bonchev–Trinajstić information content (AvgIpc) is 2.38. The first-order valence-corrected chi connectivity index (χ1v) is 5.87. The molecule has 88 valence electrons. The first-order chi connectivity index (χ1) is 8.24. The minimum atomic E-state index is -0.349. The van der Waals surface area contributed by atoms with Crippen LogP contribution in [0, 0.1) is 27.4 Å². The summed E-state index contributed by atoms with van der Waals surface area (Å²) in [5.41, 5.74) is 0.878. The maximum absolute atomic E-state index is 11.0. The number of nitro benzene ring substituents is 1. The van der Waals surface area contributed by atoms with Gasteiger partial charge in [-0.05, 0) is 12.8 Å². The molecule has 4 heteroatoms. The number of para-hydroxylation sites is 1. The van der Waals surface area contributed by atoms with Gasteiger partial charge in [0.1, 0.15) is 0 Å². The van der Waals surface area contributed by atoms with Gasteiger partial charge in [0.05, 0.1) is 16.9 Å². The minimum absolute atomic E-state index is 0.0235.